The second-order valence-corrected chi connectivity index (χ2v) is 5.82. The minimum Gasteiger partial charge on any atom is -0.396 e. The van der Waals surface area contributed by atoms with Gasteiger partial charge in [-0.05, 0) is 25.7 Å². The van der Waals surface area contributed by atoms with Gasteiger partial charge >= 0.3 is 0 Å². The quantitative estimate of drug-likeness (QED) is 0.750. The lowest BCUT2D eigenvalue weighted by Gasteiger charge is -2.31. The molecule has 1 aliphatic carbocycles. The molecule has 3 nitrogen and oxygen atoms in total. The predicted molar refractivity (Wildman–Crippen MR) is 69.7 cm³/mol. The number of rotatable bonds is 6. The van der Waals surface area contributed by atoms with Crippen LogP contribution in [0.4, 0.5) is 0 Å². The lowest BCUT2D eigenvalue weighted by atomic mass is 9.82. The number of aliphatic hydroxyl groups excluding tert-OH is 1. The number of nitrogens with one attached hydrogen (secondary N) is 1. The molecule has 1 rings (SSSR count). The smallest absolute Gasteiger partial charge is 0.225 e. The molecular weight excluding hydrogens is 214 g/mol. The second-order valence-electron chi connectivity index (χ2n) is 5.82. The Labute approximate surface area is 105 Å². The zero-order chi connectivity index (χ0) is 12.9. The van der Waals surface area contributed by atoms with Gasteiger partial charge in [-0.15, -0.1) is 0 Å². The fraction of sp³-hybridized carbons (Fsp3) is 0.929. The van der Waals surface area contributed by atoms with Gasteiger partial charge in [0.2, 0.25) is 5.91 Å². The summed E-state index contributed by atoms with van der Waals surface area (Å²) >= 11 is 0. The molecule has 0 unspecified atom stereocenters. The first-order chi connectivity index (χ1) is 8.02. The summed E-state index contributed by atoms with van der Waals surface area (Å²) < 4.78 is 0. The molecule has 0 atom stereocenters. The maximum absolute atomic E-state index is 12.2. The average molecular weight is 241 g/mol. The van der Waals surface area contributed by atoms with Gasteiger partial charge in [0.05, 0.1) is 6.61 Å². The van der Waals surface area contributed by atoms with Crippen LogP contribution in [0.3, 0.4) is 0 Å². The molecule has 0 aliphatic heterocycles. The zero-order valence-electron chi connectivity index (χ0n) is 11.5. The average Bonchev–Trinajstić information content (AvgIpc) is 2.80. The molecule has 1 aliphatic rings. The van der Waals surface area contributed by atoms with Crippen molar-refractivity contribution in [2.24, 2.45) is 10.8 Å². The Morgan fingerprint density at radius 2 is 1.82 bits per heavy atom. The van der Waals surface area contributed by atoms with E-state index in [1.54, 1.807) is 0 Å². The number of hydrogen-bond acceptors (Lipinski definition) is 2. The summed E-state index contributed by atoms with van der Waals surface area (Å²) in [7, 11) is 0. The van der Waals surface area contributed by atoms with E-state index < -0.39 is 0 Å². The van der Waals surface area contributed by atoms with Gasteiger partial charge in [-0.25, -0.2) is 0 Å². The monoisotopic (exact) mass is 241 g/mol. The van der Waals surface area contributed by atoms with Crippen molar-refractivity contribution in [1.29, 1.82) is 0 Å². The topological polar surface area (TPSA) is 49.3 Å². The molecule has 1 saturated carbocycles. The molecule has 0 bridgehead atoms. The van der Waals surface area contributed by atoms with Gasteiger partial charge in [0.15, 0.2) is 0 Å². The molecule has 0 saturated heterocycles. The van der Waals surface area contributed by atoms with E-state index >= 15 is 0 Å². The summed E-state index contributed by atoms with van der Waals surface area (Å²) in [6.07, 6.45) is 6.13. The van der Waals surface area contributed by atoms with Crippen molar-refractivity contribution >= 4 is 5.91 Å². The van der Waals surface area contributed by atoms with E-state index in [2.05, 4.69) is 26.1 Å². The molecule has 2 N–H and O–H groups in total. The highest BCUT2D eigenvalue weighted by Gasteiger charge is 2.37. The van der Waals surface area contributed by atoms with E-state index in [-0.39, 0.29) is 23.3 Å². The van der Waals surface area contributed by atoms with Crippen LogP contribution in [0.15, 0.2) is 0 Å². The summed E-state index contributed by atoms with van der Waals surface area (Å²) in [5.74, 6) is 0.176. The van der Waals surface area contributed by atoms with Gasteiger partial charge in [-0.1, -0.05) is 33.6 Å². The number of hydrogen-bond donors (Lipinski definition) is 2. The Hall–Kier alpha value is -0.570. The third-order valence-electron chi connectivity index (χ3n) is 4.71. The van der Waals surface area contributed by atoms with Crippen molar-refractivity contribution in [1.82, 2.24) is 5.32 Å². The molecular formula is C14H27NO2. The van der Waals surface area contributed by atoms with Crippen molar-refractivity contribution in [2.75, 3.05) is 13.2 Å². The van der Waals surface area contributed by atoms with Crippen LogP contribution >= 0.6 is 0 Å². The lowest BCUT2D eigenvalue weighted by molar-refractivity contribution is -0.130. The lowest BCUT2D eigenvalue weighted by Crippen LogP contribution is -2.44. The Kier molecular flexibility index (Phi) is 4.99. The highest BCUT2D eigenvalue weighted by molar-refractivity contribution is 5.82. The van der Waals surface area contributed by atoms with E-state index in [0.29, 0.717) is 6.54 Å². The van der Waals surface area contributed by atoms with Gasteiger partial charge in [-0.3, -0.25) is 4.79 Å². The molecule has 1 amide bonds. The summed E-state index contributed by atoms with van der Waals surface area (Å²) in [4.78, 5) is 12.2. The van der Waals surface area contributed by atoms with Crippen LogP contribution in [0.25, 0.3) is 0 Å². The van der Waals surface area contributed by atoms with Gasteiger partial charge in [-0.2, -0.15) is 0 Å². The summed E-state index contributed by atoms with van der Waals surface area (Å²) in [6, 6.07) is 0. The zero-order valence-corrected chi connectivity index (χ0v) is 11.5. The molecule has 0 aromatic carbocycles. The summed E-state index contributed by atoms with van der Waals surface area (Å²) in [5.41, 5.74) is -0.298. The third-order valence-corrected chi connectivity index (χ3v) is 4.71. The number of amides is 1. The maximum Gasteiger partial charge on any atom is 0.225 e. The molecule has 1 fully saturated rings. The van der Waals surface area contributed by atoms with Crippen molar-refractivity contribution < 1.29 is 9.90 Å². The van der Waals surface area contributed by atoms with Crippen LogP contribution in [0.5, 0.6) is 0 Å². The van der Waals surface area contributed by atoms with Crippen LogP contribution in [-0.4, -0.2) is 24.2 Å². The van der Waals surface area contributed by atoms with Crippen LogP contribution in [0.2, 0.25) is 0 Å². The first-order valence-corrected chi connectivity index (χ1v) is 6.91. The van der Waals surface area contributed by atoms with Crippen molar-refractivity contribution in [3.63, 3.8) is 0 Å². The van der Waals surface area contributed by atoms with Crippen LogP contribution in [0.1, 0.15) is 59.3 Å². The SMILES string of the molecule is CCC(CC)(CO)CNC(=O)C1(C)CCCC1. The molecule has 0 radical (unpaired) electrons. The largest absolute Gasteiger partial charge is 0.396 e. The van der Waals surface area contributed by atoms with E-state index in [0.717, 1.165) is 38.5 Å². The summed E-state index contributed by atoms with van der Waals surface area (Å²) in [6.45, 7) is 6.96. The maximum atomic E-state index is 12.2. The fourth-order valence-corrected chi connectivity index (χ4v) is 2.64. The Bertz CT molecular complexity index is 245. The Balaban J connectivity index is 2.52. The van der Waals surface area contributed by atoms with Gasteiger partial charge < -0.3 is 10.4 Å². The molecule has 0 heterocycles. The van der Waals surface area contributed by atoms with Crippen LogP contribution in [-0.2, 0) is 4.79 Å². The van der Waals surface area contributed by atoms with Crippen molar-refractivity contribution in [3.8, 4) is 0 Å². The molecule has 100 valence electrons. The number of aliphatic hydroxyl groups is 1. The first kappa shape index (κ1) is 14.5. The molecule has 0 aromatic rings. The normalized spacial score (nSPS) is 19.3. The van der Waals surface area contributed by atoms with E-state index in [1.807, 2.05) is 0 Å². The second kappa shape index (κ2) is 5.85. The standard InChI is InChI=1S/C14H27NO2/c1-4-14(5-2,11-16)10-15-12(17)13(3)8-6-7-9-13/h16H,4-11H2,1-3H3,(H,15,17). The van der Waals surface area contributed by atoms with E-state index in [4.69, 9.17) is 0 Å². The highest BCUT2D eigenvalue weighted by atomic mass is 16.3. The molecule has 17 heavy (non-hydrogen) atoms. The van der Waals surface area contributed by atoms with Crippen molar-refractivity contribution in [3.05, 3.63) is 0 Å². The highest BCUT2D eigenvalue weighted by Crippen LogP contribution is 2.37. The molecule has 0 aromatic heterocycles. The predicted octanol–water partition coefficient (Wildman–Crippen LogP) is 2.48. The van der Waals surface area contributed by atoms with Gasteiger partial charge in [0, 0.05) is 17.4 Å². The van der Waals surface area contributed by atoms with Crippen LogP contribution < -0.4 is 5.32 Å². The van der Waals surface area contributed by atoms with E-state index in [1.165, 1.54) is 0 Å². The summed E-state index contributed by atoms with van der Waals surface area (Å²) in [5, 5.41) is 12.5. The van der Waals surface area contributed by atoms with Gasteiger partial charge in [0.1, 0.15) is 0 Å². The molecule has 3 heteroatoms. The minimum atomic E-state index is -0.164. The Morgan fingerprint density at radius 1 is 1.29 bits per heavy atom. The van der Waals surface area contributed by atoms with E-state index in [9.17, 15) is 9.90 Å². The molecule has 0 spiro atoms. The fourth-order valence-electron chi connectivity index (χ4n) is 2.64. The number of carbonyl (C=O) groups excluding carboxylic acids is 1. The Morgan fingerprint density at radius 3 is 2.24 bits per heavy atom. The number of carbonyl (C=O) groups is 1. The first-order valence-electron chi connectivity index (χ1n) is 6.91. The van der Waals surface area contributed by atoms with Crippen LogP contribution in [0, 0.1) is 10.8 Å². The minimum absolute atomic E-state index is 0.134. The van der Waals surface area contributed by atoms with Crippen molar-refractivity contribution in [2.45, 2.75) is 59.3 Å². The van der Waals surface area contributed by atoms with Gasteiger partial charge in [0.25, 0.3) is 0 Å². The third kappa shape index (κ3) is 3.21.